The first kappa shape index (κ1) is 13.9. The van der Waals surface area contributed by atoms with E-state index in [2.05, 4.69) is 13.8 Å². The van der Waals surface area contributed by atoms with E-state index >= 15 is 0 Å². The van der Waals surface area contributed by atoms with E-state index < -0.39 is 0 Å². The highest BCUT2D eigenvalue weighted by atomic mass is 16.5. The maximum absolute atomic E-state index is 12.1. The van der Waals surface area contributed by atoms with Gasteiger partial charge in [0.2, 0.25) is 0 Å². The lowest BCUT2D eigenvalue weighted by molar-refractivity contribution is -0.131. The molecule has 1 unspecified atom stereocenters. The molecule has 0 amide bonds. The van der Waals surface area contributed by atoms with Crippen molar-refractivity contribution in [2.24, 2.45) is 5.92 Å². The maximum Gasteiger partial charge on any atom is 0.166 e. The van der Waals surface area contributed by atoms with Crippen molar-refractivity contribution in [1.29, 1.82) is 0 Å². The lowest BCUT2D eigenvalue weighted by atomic mass is 9.99. The second-order valence-corrected chi connectivity index (χ2v) is 4.64. The molecule has 0 aliphatic rings. The van der Waals surface area contributed by atoms with E-state index in [0.717, 1.165) is 12.0 Å². The van der Waals surface area contributed by atoms with E-state index in [0.29, 0.717) is 18.9 Å². The second-order valence-electron chi connectivity index (χ2n) is 4.64. The zero-order chi connectivity index (χ0) is 12.7. The van der Waals surface area contributed by atoms with Crippen molar-refractivity contribution in [1.82, 2.24) is 0 Å². The Balaban J connectivity index is 2.69. The van der Waals surface area contributed by atoms with Gasteiger partial charge in [-0.1, -0.05) is 44.2 Å². The van der Waals surface area contributed by atoms with Gasteiger partial charge in [0.05, 0.1) is 0 Å². The van der Waals surface area contributed by atoms with Gasteiger partial charge in [-0.25, -0.2) is 0 Å². The number of benzene rings is 1. The largest absolute Gasteiger partial charge is 0.366 e. The van der Waals surface area contributed by atoms with E-state index in [-0.39, 0.29) is 11.9 Å². The molecule has 17 heavy (non-hydrogen) atoms. The minimum Gasteiger partial charge on any atom is -0.366 e. The number of carbonyl (C=O) groups excluding carboxylic acids is 1. The summed E-state index contributed by atoms with van der Waals surface area (Å²) in [4.78, 5) is 12.1. The van der Waals surface area contributed by atoms with Gasteiger partial charge < -0.3 is 4.74 Å². The third kappa shape index (κ3) is 4.70. The van der Waals surface area contributed by atoms with Crippen LogP contribution in [0.1, 0.15) is 45.3 Å². The Morgan fingerprint density at radius 1 is 1.24 bits per heavy atom. The van der Waals surface area contributed by atoms with Crippen LogP contribution in [0.2, 0.25) is 0 Å². The zero-order valence-electron chi connectivity index (χ0n) is 11.0. The van der Waals surface area contributed by atoms with E-state index in [9.17, 15) is 4.79 Å². The van der Waals surface area contributed by atoms with Crippen LogP contribution >= 0.6 is 0 Å². The lowest BCUT2D eigenvalue weighted by Crippen LogP contribution is -2.16. The van der Waals surface area contributed by atoms with Gasteiger partial charge >= 0.3 is 0 Å². The third-order valence-corrected chi connectivity index (χ3v) is 2.70. The number of hydrogen-bond acceptors (Lipinski definition) is 2. The zero-order valence-corrected chi connectivity index (χ0v) is 11.0. The minimum absolute atomic E-state index is 0.187. The van der Waals surface area contributed by atoms with Crippen LogP contribution in [0.5, 0.6) is 0 Å². The van der Waals surface area contributed by atoms with Gasteiger partial charge in [-0.2, -0.15) is 0 Å². The Kier molecular flexibility index (Phi) is 5.92. The SMILES string of the molecule is CCOC(C(=O)CCC(C)C)c1ccccc1. The van der Waals surface area contributed by atoms with Crippen LogP contribution in [0.3, 0.4) is 0 Å². The first-order valence-electron chi connectivity index (χ1n) is 6.34. The van der Waals surface area contributed by atoms with Crippen molar-refractivity contribution in [2.45, 2.75) is 39.7 Å². The van der Waals surface area contributed by atoms with Crippen LogP contribution in [0.4, 0.5) is 0 Å². The van der Waals surface area contributed by atoms with Crippen molar-refractivity contribution in [3.8, 4) is 0 Å². The van der Waals surface area contributed by atoms with Crippen LogP contribution in [-0.4, -0.2) is 12.4 Å². The molecule has 1 aromatic rings. The van der Waals surface area contributed by atoms with Crippen molar-refractivity contribution in [3.05, 3.63) is 35.9 Å². The lowest BCUT2D eigenvalue weighted by Gasteiger charge is -2.16. The molecule has 0 fully saturated rings. The monoisotopic (exact) mass is 234 g/mol. The molecular formula is C15H22O2. The standard InChI is InChI=1S/C15H22O2/c1-4-17-15(13-8-6-5-7-9-13)14(16)11-10-12(2)3/h5-9,12,15H,4,10-11H2,1-3H3. The van der Waals surface area contributed by atoms with E-state index in [1.165, 1.54) is 0 Å². The molecule has 1 rings (SSSR count). The molecule has 0 saturated carbocycles. The number of rotatable bonds is 7. The fourth-order valence-electron chi connectivity index (χ4n) is 1.73. The van der Waals surface area contributed by atoms with Crippen LogP contribution in [0, 0.1) is 5.92 Å². The minimum atomic E-state index is -0.389. The highest BCUT2D eigenvalue weighted by molar-refractivity contribution is 5.84. The number of ether oxygens (including phenoxy) is 1. The van der Waals surface area contributed by atoms with Gasteiger partial charge in [0.15, 0.2) is 5.78 Å². The fourth-order valence-corrected chi connectivity index (χ4v) is 1.73. The summed E-state index contributed by atoms with van der Waals surface area (Å²) >= 11 is 0. The molecule has 0 spiro atoms. The molecule has 1 atom stereocenters. The molecule has 0 N–H and O–H groups in total. The van der Waals surface area contributed by atoms with Gasteiger partial charge in [0.25, 0.3) is 0 Å². The van der Waals surface area contributed by atoms with Crippen LogP contribution in [-0.2, 0) is 9.53 Å². The number of Topliss-reactive ketones (excluding diaryl/α,β-unsaturated/α-hetero) is 1. The molecule has 0 saturated heterocycles. The first-order valence-corrected chi connectivity index (χ1v) is 6.34. The topological polar surface area (TPSA) is 26.3 Å². The summed E-state index contributed by atoms with van der Waals surface area (Å²) in [6, 6.07) is 9.74. The Morgan fingerprint density at radius 3 is 2.41 bits per heavy atom. The molecule has 0 radical (unpaired) electrons. The smallest absolute Gasteiger partial charge is 0.166 e. The molecule has 2 heteroatoms. The predicted octanol–water partition coefficient (Wildman–Crippen LogP) is 3.77. The van der Waals surface area contributed by atoms with Gasteiger partial charge in [0, 0.05) is 13.0 Å². The molecule has 0 aromatic heterocycles. The van der Waals surface area contributed by atoms with E-state index in [1.54, 1.807) is 0 Å². The maximum atomic E-state index is 12.1. The first-order chi connectivity index (χ1) is 8.15. The number of hydrogen-bond donors (Lipinski definition) is 0. The summed E-state index contributed by atoms with van der Waals surface area (Å²) in [6.45, 7) is 6.75. The summed E-state index contributed by atoms with van der Waals surface area (Å²) in [5.41, 5.74) is 0.961. The van der Waals surface area contributed by atoms with Crippen molar-refractivity contribution >= 4 is 5.78 Å². The molecule has 0 aliphatic heterocycles. The summed E-state index contributed by atoms with van der Waals surface area (Å²) < 4.78 is 5.57. The third-order valence-electron chi connectivity index (χ3n) is 2.70. The normalized spacial score (nSPS) is 12.7. The Morgan fingerprint density at radius 2 is 1.88 bits per heavy atom. The average molecular weight is 234 g/mol. The van der Waals surface area contributed by atoms with E-state index in [1.807, 2.05) is 37.3 Å². The Hall–Kier alpha value is -1.15. The molecule has 0 bridgehead atoms. The molecule has 0 heterocycles. The highest BCUT2D eigenvalue weighted by Crippen LogP contribution is 2.21. The van der Waals surface area contributed by atoms with Gasteiger partial charge in [-0.05, 0) is 24.8 Å². The molecular weight excluding hydrogens is 212 g/mol. The average Bonchev–Trinajstić information content (AvgIpc) is 2.34. The van der Waals surface area contributed by atoms with Gasteiger partial charge in [-0.3, -0.25) is 4.79 Å². The van der Waals surface area contributed by atoms with Gasteiger partial charge in [0.1, 0.15) is 6.10 Å². The predicted molar refractivity (Wildman–Crippen MR) is 69.9 cm³/mol. The number of ketones is 1. The fraction of sp³-hybridized carbons (Fsp3) is 0.533. The van der Waals surface area contributed by atoms with Crippen LogP contribution in [0.15, 0.2) is 30.3 Å². The molecule has 0 aliphatic carbocycles. The Labute approximate surface area is 104 Å². The van der Waals surface area contributed by atoms with Crippen molar-refractivity contribution < 1.29 is 9.53 Å². The van der Waals surface area contributed by atoms with Crippen molar-refractivity contribution in [2.75, 3.05) is 6.61 Å². The summed E-state index contributed by atoms with van der Waals surface area (Å²) in [5.74, 6) is 0.740. The van der Waals surface area contributed by atoms with Crippen LogP contribution < -0.4 is 0 Å². The van der Waals surface area contributed by atoms with Gasteiger partial charge in [-0.15, -0.1) is 0 Å². The summed E-state index contributed by atoms with van der Waals surface area (Å²) in [7, 11) is 0. The quantitative estimate of drug-likeness (QED) is 0.718. The highest BCUT2D eigenvalue weighted by Gasteiger charge is 2.20. The number of carbonyl (C=O) groups is 1. The Bertz CT molecular complexity index is 330. The molecule has 1 aromatic carbocycles. The van der Waals surface area contributed by atoms with E-state index in [4.69, 9.17) is 4.74 Å². The molecule has 2 nitrogen and oxygen atoms in total. The van der Waals surface area contributed by atoms with Crippen LogP contribution in [0.25, 0.3) is 0 Å². The summed E-state index contributed by atoms with van der Waals surface area (Å²) in [5, 5.41) is 0. The summed E-state index contributed by atoms with van der Waals surface area (Å²) in [6.07, 6.45) is 1.13. The second kappa shape index (κ2) is 7.23. The van der Waals surface area contributed by atoms with Crippen molar-refractivity contribution in [3.63, 3.8) is 0 Å². The molecule has 94 valence electrons.